The van der Waals surface area contributed by atoms with Crippen LogP contribution >= 0.6 is 27.3 Å². The van der Waals surface area contributed by atoms with E-state index in [9.17, 15) is 0 Å². The number of thiazole rings is 1. The quantitative estimate of drug-likeness (QED) is 0.920. The Morgan fingerprint density at radius 1 is 1.50 bits per heavy atom. The van der Waals surface area contributed by atoms with Gasteiger partial charge in [-0.1, -0.05) is 15.9 Å². The van der Waals surface area contributed by atoms with Crippen molar-refractivity contribution in [3.63, 3.8) is 0 Å². The summed E-state index contributed by atoms with van der Waals surface area (Å²) in [6.07, 6.45) is 2.42. The van der Waals surface area contributed by atoms with Crippen LogP contribution in [-0.2, 0) is 6.42 Å². The number of rotatable bonds is 2. The van der Waals surface area contributed by atoms with Crippen molar-refractivity contribution in [3.8, 4) is 0 Å². The van der Waals surface area contributed by atoms with E-state index in [0.717, 1.165) is 28.9 Å². The van der Waals surface area contributed by atoms with Crippen LogP contribution in [0.15, 0.2) is 22.7 Å². The van der Waals surface area contributed by atoms with E-state index in [4.69, 9.17) is 0 Å². The Balaban J connectivity index is 1.86. The number of fused-ring (bicyclic) bond motifs is 1. The summed E-state index contributed by atoms with van der Waals surface area (Å²) in [5.41, 5.74) is 1.13. The average Bonchev–Trinajstić information content (AvgIpc) is 2.86. The fraction of sp³-hybridized carbons (Fsp3) is 0.417. The SMILES string of the molecule is Brc1ccc2nc(CC3CCNC3)sc2c1. The monoisotopic (exact) mass is 296 g/mol. The van der Waals surface area contributed by atoms with Gasteiger partial charge in [-0.25, -0.2) is 4.98 Å². The lowest BCUT2D eigenvalue weighted by Crippen LogP contribution is -2.10. The zero-order valence-electron chi connectivity index (χ0n) is 8.87. The molecule has 0 amide bonds. The molecule has 0 aliphatic carbocycles. The summed E-state index contributed by atoms with van der Waals surface area (Å²) in [6.45, 7) is 2.32. The van der Waals surface area contributed by atoms with E-state index in [1.165, 1.54) is 22.7 Å². The highest BCUT2D eigenvalue weighted by atomic mass is 79.9. The van der Waals surface area contributed by atoms with Crippen LogP contribution in [0.25, 0.3) is 10.2 Å². The van der Waals surface area contributed by atoms with Crippen molar-refractivity contribution in [2.24, 2.45) is 5.92 Å². The van der Waals surface area contributed by atoms with E-state index in [1.807, 2.05) is 11.3 Å². The normalized spacial score (nSPS) is 20.7. The van der Waals surface area contributed by atoms with E-state index in [0.29, 0.717) is 0 Å². The molecule has 1 aliphatic heterocycles. The van der Waals surface area contributed by atoms with Crippen LogP contribution in [0.4, 0.5) is 0 Å². The molecule has 1 aliphatic rings. The molecule has 2 aromatic rings. The van der Waals surface area contributed by atoms with Gasteiger partial charge < -0.3 is 5.32 Å². The van der Waals surface area contributed by atoms with Crippen LogP contribution in [0.5, 0.6) is 0 Å². The first-order valence-corrected chi connectivity index (χ1v) is 7.18. The predicted molar refractivity (Wildman–Crippen MR) is 72.0 cm³/mol. The van der Waals surface area contributed by atoms with Crippen LogP contribution in [-0.4, -0.2) is 18.1 Å². The molecular weight excluding hydrogens is 284 g/mol. The minimum absolute atomic E-state index is 0.781. The second-order valence-corrected chi connectivity index (χ2v) is 6.31. The van der Waals surface area contributed by atoms with Gasteiger partial charge >= 0.3 is 0 Å². The Morgan fingerprint density at radius 3 is 3.25 bits per heavy atom. The molecule has 1 unspecified atom stereocenters. The maximum absolute atomic E-state index is 4.69. The van der Waals surface area contributed by atoms with Gasteiger partial charge in [-0.2, -0.15) is 0 Å². The molecule has 1 aromatic carbocycles. The molecule has 0 bridgehead atoms. The summed E-state index contributed by atoms with van der Waals surface area (Å²) < 4.78 is 2.42. The van der Waals surface area contributed by atoms with Crippen LogP contribution in [0.1, 0.15) is 11.4 Å². The minimum atomic E-state index is 0.781. The van der Waals surface area contributed by atoms with Crippen molar-refractivity contribution in [1.29, 1.82) is 0 Å². The van der Waals surface area contributed by atoms with E-state index in [-0.39, 0.29) is 0 Å². The van der Waals surface area contributed by atoms with Gasteiger partial charge in [0.2, 0.25) is 0 Å². The Kier molecular flexibility index (Phi) is 2.96. The van der Waals surface area contributed by atoms with E-state index >= 15 is 0 Å². The standard InChI is InChI=1S/C12H13BrN2S/c13-9-1-2-10-11(6-9)16-12(15-10)5-8-3-4-14-7-8/h1-2,6,8,14H,3-5,7H2. The molecule has 2 heterocycles. The second-order valence-electron chi connectivity index (χ2n) is 4.28. The third kappa shape index (κ3) is 2.14. The number of benzene rings is 1. The van der Waals surface area contributed by atoms with E-state index < -0.39 is 0 Å². The summed E-state index contributed by atoms with van der Waals surface area (Å²) in [5.74, 6) is 0.781. The Labute approximate surface area is 107 Å². The molecule has 1 saturated heterocycles. The van der Waals surface area contributed by atoms with Crippen molar-refractivity contribution in [2.75, 3.05) is 13.1 Å². The fourth-order valence-electron chi connectivity index (χ4n) is 2.17. The Morgan fingerprint density at radius 2 is 2.44 bits per heavy atom. The summed E-state index contributed by atoms with van der Waals surface area (Å²) in [5, 5.41) is 4.68. The van der Waals surface area contributed by atoms with E-state index in [1.54, 1.807) is 0 Å². The molecular formula is C12H13BrN2S. The first kappa shape index (κ1) is 10.7. The lowest BCUT2D eigenvalue weighted by molar-refractivity contribution is 0.579. The summed E-state index contributed by atoms with van der Waals surface area (Å²) in [4.78, 5) is 4.69. The molecule has 3 rings (SSSR count). The summed E-state index contributed by atoms with van der Waals surface area (Å²) in [7, 11) is 0. The van der Waals surface area contributed by atoms with E-state index in [2.05, 4.69) is 44.4 Å². The molecule has 1 aromatic heterocycles. The number of hydrogen-bond acceptors (Lipinski definition) is 3. The first-order valence-electron chi connectivity index (χ1n) is 5.57. The minimum Gasteiger partial charge on any atom is -0.316 e. The highest BCUT2D eigenvalue weighted by molar-refractivity contribution is 9.10. The van der Waals surface area contributed by atoms with Crippen molar-refractivity contribution in [1.82, 2.24) is 10.3 Å². The van der Waals surface area contributed by atoms with Crippen molar-refractivity contribution in [2.45, 2.75) is 12.8 Å². The van der Waals surface area contributed by atoms with Crippen molar-refractivity contribution >= 4 is 37.5 Å². The Bertz CT molecular complexity index is 503. The smallest absolute Gasteiger partial charge is 0.0941 e. The number of aromatic nitrogens is 1. The van der Waals surface area contributed by atoms with Crippen LogP contribution in [0.3, 0.4) is 0 Å². The van der Waals surface area contributed by atoms with Gasteiger partial charge in [0.15, 0.2) is 0 Å². The topological polar surface area (TPSA) is 24.9 Å². The zero-order valence-corrected chi connectivity index (χ0v) is 11.3. The van der Waals surface area contributed by atoms with Gasteiger partial charge in [0.1, 0.15) is 0 Å². The first-order chi connectivity index (χ1) is 7.81. The number of nitrogens with zero attached hydrogens (tertiary/aromatic N) is 1. The lowest BCUT2D eigenvalue weighted by atomic mass is 10.1. The van der Waals surface area contributed by atoms with Crippen LogP contribution in [0.2, 0.25) is 0 Å². The van der Waals surface area contributed by atoms with Crippen LogP contribution in [0, 0.1) is 5.92 Å². The Hall–Kier alpha value is -0.450. The van der Waals surface area contributed by atoms with Crippen molar-refractivity contribution in [3.05, 3.63) is 27.7 Å². The fourth-order valence-corrected chi connectivity index (χ4v) is 3.80. The van der Waals surface area contributed by atoms with Gasteiger partial charge in [0, 0.05) is 10.9 Å². The molecule has 84 valence electrons. The summed E-state index contributed by atoms with van der Waals surface area (Å²) >= 11 is 5.33. The van der Waals surface area contributed by atoms with Gasteiger partial charge in [-0.15, -0.1) is 11.3 Å². The zero-order chi connectivity index (χ0) is 11.0. The third-order valence-corrected chi connectivity index (χ3v) is 4.55. The molecule has 16 heavy (non-hydrogen) atoms. The van der Waals surface area contributed by atoms with Crippen LogP contribution < -0.4 is 5.32 Å². The predicted octanol–water partition coefficient (Wildman–Crippen LogP) is 3.21. The lowest BCUT2D eigenvalue weighted by Gasteiger charge is -2.03. The highest BCUT2D eigenvalue weighted by Gasteiger charge is 2.16. The molecule has 1 atom stereocenters. The molecule has 4 heteroatoms. The third-order valence-electron chi connectivity index (χ3n) is 3.02. The summed E-state index contributed by atoms with van der Waals surface area (Å²) in [6, 6.07) is 6.30. The molecule has 0 radical (unpaired) electrons. The maximum atomic E-state index is 4.69. The molecule has 1 fully saturated rings. The van der Waals surface area contributed by atoms with Crippen molar-refractivity contribution < 1.29 is 0 Å². The van der Waals surface area contributed by atoms with Gasteiger partial charge in [-0.3, -0.25) is 0 Å². The number of nitrogens with one attached hydrogen (secondary N) is 1. The average molecular weight is 297 g/mol. The maximum Gasteiger partial charge on any atom is 0.0941 e. The number of hydrogen-bond donors (Lipinski definition) is 1. The molecule has 1 N–H and O–H groups in total. The number of halogens is 1. The van der Waals surface area contributed by atoms with Gasteiger partial charge in [0.25, 0.3) is 0 Å². The van der Waals surface area contributed by atoms with Gasteiger partial charge in [-0.05, 0) is 43.6 Å². The molecule has 0 saturated carbocycles. The van der Waals surface area contributed by atoms with Gasteiger partial charge in [0.05, 0.1) is 15.2 Å². The second kappa shape index (κ2) is 4.43. The highest BCUT2D eigenvalue weighted by Crippen LogP contribution is 2.27. The molecule has 2 nitrogen and oxygen atoms in total. The largest absolute Gasteiger partial charge is 0.316 e. The molecule has 0 spiro atoms.